The molecule has 1 aliphatic heterocycles. The quantitative estimate of drug-likeness (QED) is 0.730. The van der Waals surface area contributed by atoms with Crippen LogP contribution in [0.15, 0.2) is 24.3 Å². The highest BCUT2D eigenvalue weighted by Crippen LogP contribution is 2.26. The molecule has 0 radical (unpaired) electrons. The van der Waals surface area contributed by atoms with Crippen LogP contribution in [-0.4, -0.2) is 32.1 Å². The van der Waals surface area contributed by atoms with Crippen LogP contribution in [0.3, 0.4) is 0 Å². The van der Waals surface area contributed by atoms with Crippen molar-refractivity contribution in [1.29, 1.82) is 0 Å². The molecule has 0 aliphatic carbocycles. The van der Waals surface area contributed by atoms with Crippen LogP contribution in [0.2, 0.25) is 0 Å². The Morgan fingerprint density at radius 2 is 2.15 bits per heavy atom. The molecule has 0 bridgehead atoms. The van der Waals surface area contributed by atoms with E-state index < -0.39 is 0 Å². The first kappa shape index (κ1) is 17.8. The second-order valence-corrected chi connectivity index (χ2v) is 7.42. The molecule has 0 atom stereocenters. The van der Waals surface area contributed by atoms with Gasteiger partial charge < -0.3 is 10.3 Å². The summed E-state index contributed by atoms with van der Waals surface area (Å²) in [5.41, 5.74) is 7.33. The molecule has 0 unspecified atom stereocenters. The molecule has 4 rings (SSSR count). The number of aromatic amines is 1. The lowest BCUT2D eigenvalue weighted by molar-refractivity contribution is -0.120. The number of hydrogen-bond donors (Lipinski definition) is 2. The molecule has 0 saturated heterocycles. The van der Waals surface area contributed by atoms with Crippen molar-refractivity contribution in [2.45, 2.75) is 53.4 Å². The maximum Gasteiger partial charge on any atom is 0.220 e. The van der Waals surface area contributed by atoms with Gasteiger partial charge in [-0.3, -0.25) is 14.4 Å². The Balaban J connectivity index is 1.47. The summed E-state index contributed by atoms with van der Waals surface area (Å²) in [5.74, 6) is 0.0622. The van der Waals surface area contributed by atoms with Gasteiger partial charge in [-0.2, -0.15) is 5.10 Å². The maximum atomic E-state index is 11.5. The smallest absolute Gasteiger partial charge is 0.220 e. The fraction of sp³-hybridized carbons (Fsp3) is 0.429. The second kappa shape index (κ2) is 7.19. The summed E-state index contributed by atoms with van der Waals surface area (Å²) in [7, 11) is 0. The van der Waals surface area contributed by atoms with Gasteiger partial charge >= 0.3 is 0 Å². The summed E-state index contributed by atoms with van der Waals surface area (Å²) >= 11 is 0. The Bertz CT molecular complexity index is 984. The maximum absolute atomic E-state index is 11.5. The zero-order chi connectivity index (χ0) is 19.0. The van der Waals surface area contributed by atoms with Crippen LogP contribution in [0.1, 0.15) is 41.6 Å². The molecule has 1 aromatic carbocycles. The van der Waals surface area contributed by atoms with Crippen LogP contribution in [0.4, 0.5) is 0 Å². The molecule has 3 heterocycles. The third-order valence-corrected chi connectivity index (χ3v) is 5.50. The van der Waals surface area contributed by atoms with Gasteiger partial charge in [-0.05, 0) is 31.0 Å². The number of fused-ring (bicyclic) bond motifs is 2. The summed E-state index contributed by atoms with van der Waals surface area (Å²) in [6.07, 6.45) is 0.505. The number of H-pyrrole nitrogens is 1. The van der Waals surface area contributed by atoms with Gasteiger partial charge in [0, 0.05) is 42.7 Å². The molecule has 2 aromatic heterocycles. The number of para-hydroxylation sites is 1. The number of nitrogens with zero attached hydrogens (tertiary/aromatic N) is 3. The summed E-state index contributed by atoms with van der Waals surface area (Å²) in [6, 6.07) is 8.59. The summed E-state index contributed by atoms with van der Waals surface area (Å²) < 4.78 is 2.08. The molecule has 0 saturated carbocycles. The predicted octanol–water partition coefficient (Wildman–Crippen LogP) is 3.02. The Labute approximate surface area is 159 Å². The van der Waals surface area contributed by atoms with Gasteiger partial charge in [-0.15, -0.1) is 0 Å². The van der Waals surface area contributed by atoms with Gasteiger partial charge in [0.2, 0.25) is 5.91 Å². The summed E-state index contributed by atoms with van der Waals surface area (Å²) in [5, 5.41) is 8.85. The zero-order valence-electron chi connectivity index (χ0n) is 16.3. The Kier molecular flexibility index (Phi) is 4.74. The molecule has 0 spiro atoms. The molecule has 6 nitrogen and oxygen atoms in total. The van der Waals surface area contributed by atoms with Crippen LogP contribution in [0.5, 0.6) is 0 Å². The van der Waals surface area contributed by atoms with Crippen LogP contribution < -0.4 is 5.32 Å². The van der Waals surface area contributed by atoms with Gasteiger partial charge in [0.15, 0.2) is 0 Å². The zero-order valence-corrected chi connectivity index (χ0v) is 16.3. The number of carbonyl (C=O) groups excluding carboxylic acids is 1. The van der Waals surface area contributed by atoms with Crippen LogP contribution in [-0.2, 0) is 31.0 Å². The van der Waals surface area contributed by atoms with Crippen LogP contribution in [0, 0.1) is 13.8 Å². The van der Waals surface area contributed by atoms with Crippen molar-refractivity contribution >= 4 is 16.8 Å². The van der Waals surface area contributed by atoms with Crippen molar-refractivity contribution in [3.05, 3.63) is 52.5 Å². The van der Waals surface area contributed by atoms with E-state index in [1.165, 1.54) is 33.4 Å². The SMILES string of the molecule is CCC(=O)NCc1cc2n(n1)CCN(Cc1[nH]c3c(C)cccc3c1C)C2. The highest BCUT2D eigenvalue weighted by Gasteiger charge is 2.20. The number of hydrogen-bond acceptors (Lipinski definition) is 3. The largest absolute Gasteiger partial charge is 0.357 e. The summed E-state index contributed by atoms with van der Waals surface area (Å²) in [6.45, 7) is 10.4. The van der Waals surface area contributed by atoms with E-state index in [0.29, 0.717) is 13.0 Å². The van der Waals surface area contributed by atoms with Gasteiger partial charge in [0.1, 0.15) is 0 Å². The third-order valence-electron chi connectivity index (χ3n) is 5.50. The molecule has 6 heteroatoms. The Hall–Kier alpha value is -2.60. The van der Waals surface area contributed by atoms with E-state index in [-0.39, 0.29) is 5.91 Å². The summed E-state index contributed by atoms with van der Waals surface area (Å²) in [4.78, 5) is 17.5. The van der Waals surface area contributed by atoms with Crippen LogP contribution in [0.25, 0.3) is 10.9 Å². The van der Waals surface area contributed by atoms with Crippen molar-refractivity contribution in [2.24, 2.45) is 0 Å². The van der Waals surface area contributed by atoms with Gasteiger partial charge in [-0.25, -0.2) is 0 Å². The molecular weight excluding hydrogens is 338 g/mol. The molecule has 3 aromatic rings. The van der Waals surface area contributed by atoms with Gasteiger partial charge in [0.25, 0.3) is 0 Å². The third kappa shape index (κ3) is 3.49. The lowest BCUT2D eigenvalue weighted by Crippen LogP contribution is -2.33. The van der Waals surface area contributed by atoms with Crippen molar-refractivity contribution in [3.8, 4) is 0 Å². The average Bonchev–Trinajstić information content (AvgIpc) is 3.22. The minimum absolute atomic E-state index is 0.0622. The first-order valence-electron chi connectivity index (χ1n) is 9.66. The molecule has 27 heavy (non-hydrogen) atoms. The number of aryl methyl sites for hydroxylation is 2. The van der Waals surface area contributed by atoms with E-state index in [9.17, 15) is 4.79 Å². The Morgan fingerprint density at radius 1 is 1.30 bits per heavy atom. The second-order valence-electron chi connectivity index (χ2n) is 7.42. The predicted molar refractivity (Wildman–Crippen MR) is 106 cm³/mol. The first-order chi connectivity index (χ1) is 13.0. The van der Waals surface area contributed by atoms with E-state index in [2.05, 4.69) is 63.1 Å². The lowest BCUT2D eigenvalue weighted by Gasteiger charge is -2.27. The lowest BCUT2D eigenvalue weighted by atomic mass is 10.1. The molecule has 142 valence electrons. The van der Waals surface area contributed by atoms with E-state index >= 15 is 0 Å². The number of benzene rings is 1. The first-order valence-corrected chi connectivity index (χ1v) is 9.66. The Morgan fingerprint density at radius 3 is 2.93 bits per heavy atom. The molecule has 2 N–H and O–H groups in total. The monoisotopic (exact) mass is 365 g/mol. The minimum atomic E-state index is 0.0622. The molecule has 1 amide bonds. The number of amides is 1. The van der Waals surface area contributed by atoms with Crippen molar-refractivity contribution in [2.75, 3.05) is 6.54 Å². The fourth-order valence-electron chi connectivity index (χ4n) is 3.85. The van der Waals surface area contributed by atoms with Gasteiger partial charge in [0.05, 0.1) is 24.5 Å². The number of aromatic nitrogens is 3. The standard InChI is InChI=1S/C21H27N5O/c1-4-20(27)22-11-16-10-17-12-25(8-9-26(17)24-16)13-19-15(3)18-7-5-6-14(2)21(18)23-19/h5-7,10,23H,4,8-9,11-13H2,1-3H3,(H,22,27). The van der Waals surface area contributed by atoms with E-state index in [1.807, 2.05) is 6.92 Å². The van der Waals surface area contributed by atoms with E-state index in [1.54, 1.807) is 0 Å². The highest BCUT2D eigenvalue weighted by molar-refractivity contribution is 5.86. The number of nitrogens with one attached hydrogen (secondary N) is 2. The van der Waals surface area contributed by atoms with Crippen LogP contribution >= 0.6 is 0 Å². The highest BCUT2D eigenvalue weighted by atomic mass is 16.1. The normalized spacial score (nSPS) is 14.5. The average molecular weight is 365 g/mol. The van der Waals surface area contributed by atoms with Crippen molar-refractivity contribution in [3.63, 3.8) is 0 Å². The fourth-order valence-corrected chi connectivity index (χ4v) is 3.85. The van der Waals surface area contributed by atoms with Crippen molar-refractivity contribution < 1.29 is 4.79 Å². The molecular formula is C21H27N5O. The topological polar surface area (TPSA) is 66.0 Å². The van der Waals surface area contributed by atoms with Crippen molar-refractivity contribution in [1.82, 2.24) is 25.0 Å². The minimum Gasteiger partial charge on any atom is -0.357 e. The number of rotatable bonds is 5. The van der Waals surface area contributed by atoms with E-state index in [4.69, 9.17) is 0 Å². The number of carbonyl (C=O) groups is 1. The molecule has 0 fully saturated rings. The van der Waals surface area contributed by atoms with Gasteiger partial charge in [-0.1, -0.05) is 25.1 Å². The molecule has 1 aliphatic rings. The van der Waals surface area contributed by atoms with E-state index in [0.717, 1.165) is 31.9 Å².